The highest BCUT2D eigenvalue weighted by molar-refractivity contribution is 5.98. The molecule has 1 aliphatic heterocycles. The molecule has 1 aromatic carbocycles. The molecule has 26 heavy (non-hydrogen) atoms. The van der Waals surface area contributed by atoms with E-state index in [2.05, 4.69) is 21.0 Å². The normalized spacial score (nSPS) is 15.6. The molecule has 4 rings (SSSR count). The number of ether oxygens (including phenoxy) is 1. The number of H-pyrrole nitrogens is 1. The summed E-state index contributed by atoms with van der Waals surface area (Å²) in [5.41, 5.74) is 3.67. The molecule has 0 saturated carbocycles. The number of benzene rings is 1. The molecule has 3 aromatic rings. The van der Waals surface area contributed by atoms with Crippen LogP contribution in [0.3, 0.4) is 0 Å². The van der Waals surface area contributed by atoms with Crippen LogP contribution < -0.4 is 0 Å². The van der Waals surface area contributed by atoms with E-state index in [0.717, 1.165) is 61.4 Å². The van der Waals surface area contributed by atoms with E-state index in [1.165, 1.54) is 0 Å². The number of aryl methyl sites for hydroxylation is 1. The van der Waals surface area contributed by atoms with Gasteiger partial charge in [0.25, 0.3) is 0 Å². The summed E-state index contributed by atoms with van der Waals surface area (Å²) in [5, 5.41) is 5.60. The number of hydrogen-bond acceptors (Lipinski definition) is 4. The molecule has 1 fully saturated rings. The van der Waals surface area contributed by atoms with Crippen LogP contribution in [0.2, 0.25) is 0 Å². The van der Waals surface area contributed by atoms with Gasteiger partial charge in [0.1, 0.15) is 5.69 Å². The topological polar surface area (TPSA) is 63.1 Å². The fourth-order valence-corrected chi connectivity index (χ4v) is 3.56. The van der Waals surface area contributed by atoms with Crippen molar-refractivity contribution in [3.63, 3.8) is 0 Å². The van der Waals surface area contributed by atoms with Crippen molar-refractivity contribution in [2.24, 2.45) is 7.05 Å². The summed E-state index contributed by atoms with van der Waals surface area (Å²) >= 11 is 0. The van der Waals surface area contributed by atoms with Crippen LogP contribution in [0.4, 0.5) is 0 Å². The van der Waals surface area contributed by atoms with Crippen LogP contribution in [0.15, 0.2) is 36.5 Å². The van der Waals surface area contributed by atoms with Gasteiger partial charge in [-0.05, 0) is 25.1 Å². The van der Waals surface area contributed by atoms with Crippen molar-refractivity contribution >= 4 is 16.7 Å². The lowest BCUT2D eigenvalue weighted by Gasteiger charge is -2.26. The third-order valence-electron chi connectivity index (χ3n) is 5.01. The standard InChI is InChI=1S/C20H24N4O2/c1-23-19(16-14-21-17-6-3-2-5-15(16)17)13-18(22-23)20(25)7-4-8-24-9-11-26-12-10-24/h2-3,5-6,13-14,21H,4,7-12H2,1H3. The number of carbonyl (C=O) groups excluding carboxylic acids is 1. The third-order valence-corrected chi connectivity index (χ3v) is 5.01. The van der Waals surface area contributed by atoms with Crippen molar-refractivity contribution in [1.29, 1.82) is 0 Å². The predicted molar refractivity (Wildman–Crippen MR) is 101 cm³/mol. The molecule has 0 aliphatic carbocycles. The molecule has 1 aliphatic rings. The van der Waals surface area contributed by atoms with Gasteiger partial charge in [0.05, 0.1) is 18.9 Å². The minimum atomic E-state index is 0.111. The number of fused-ring (bicyclic) bond motifs is 1. The molecule has 0 radical (unpaired) electrons. The molecule has 6 nitrogen and oxygen atoms in total. The Balaban J connectivity index is 1.45. The van der Waals surface area contributed by atoms with E-state index in [1.54, 1.807) is 4.68 Å². The van der Waals surface area contributed by atoms with Gasteiger partial charge in [0, 0.05) is 49.2 Å². The van der Waals surface area contributed by atoms with Crippen LogP contribution in [-0.2, 0) is 11.8 Å². The van der Waals surface area contributed by atoms with E-state index in [-0.39, 0.29) is 5.78 Å². The zero-order valence-corrected chi connectivity index (χ0v) is 15.1. The molecule has 3 heterocycles. The summed E-state index contributed by atoms with van der Waals surface area (Å²) in [7, 11) is 1.89. The minimum Gasteiger partial charge on any atom is -0.379 e. The number of nitrogens with one attached hydrogen (secondary N) is 1. The van der Waals surface area contributed by atoms with Crippen LogP contribution in [-0.4, -0.2) is 58.3 Å². The molecule has 1 saturated heterocycles. The van der Waals surface area contributed by atoms with E-state index < -0.39 is 0 Å². The fraction of sp³-hybridized carbons (Fsp3) is 0.400. The molecular weight excluding hydrogens is 328 g/mol. The number of carbonyl (C=O) groups is 1. The average molecular weight is 352 g/mol. The summed E-state index contributed by atoms with van der Waals surface area (Å²) < 4.78 is 7.15. The lowest BCUT2D eigenvalue weighted by atomic mass is 10.1. The Kier molecular flexibility index (Phi) is 4.86. The van der Waals surface area contributed by atoms with Crippen molar-refractivity contribution in [2.45, 2.75) is 12.8 Å². The van der Waals surface area contributed by atoms with Crippen LogP contribution in [0.25, 0.3) is 22.2 Å². The first-order chi connectivity index (χ1) is 12.7. The van der Waals surface area contributed by atoms with Gasteiger partial charge in [-0.15, -0.1) is 0 Å². The number of morpholine rings is 1. The second-order valence-corrected chi connectivity index (χ2v) is 6.77. The van der Waals surface area contributed by atoms with E-state index in [4.69, 9.17) is 4.74 Å². The van der Waals surface area contributed by atoms with Gasteiger partial charge in [0.2, 0.25) is 0 Å². The number of rotatable bonds is 6. The maximum atomic E-state index is 12.6. The number of Topliss-reactive ketones (excluding diaryl/α,β-unsaturated/α-hetero) is 1. The fourth-order valence-electron chi connectivity index (χ4n) is 3.56. The summed E-state index contributed by atoms with van der Waals surface area (Å²) in [5.74, 6) is 0.111. The van der Waals surface area contributed by atoms with Crippen molar-refractivity contribution in [3.05, 3.63) is 42.2 Å². The highest BCUT2D eigenvalue weighted by Gasteiger charge is 2.17. The SMILES string of the molecule is Cn1nc(C(=O)CCCN2CCOCC2)cc1-c1c[nH]c2ccccc12. The Morgan fingerprint density at radius 2 is 2.08 bits per heavy atom. The monoisotopic (exact) mass is 352 g/mol. The molecule has 0 atom stereocenters. The van der Waals surface area contributed by atoms with E-state index in [0.29, 0.717) is 12.1 Å². The zero-order valence-electron chi connectivity index (χ0n) is 15.1. The highest BCUT2D eigenvalue weighted by atomic mass is 16.5. The average Bonchev–Trinajstić information content (AvgIpc) is 3.26. The lowest BCUT2D eigenvalue weighted by Crippen LogP contribution is -2.36. The van der Waals surface area contributed by atoms with Crippen LogP contribution in [0, 0.1) is 0 Å². The number of aromatic nitrogens is 3. The van der Waals surface area contributed by atoms with Crippen molar-refractivity contribution in [1.82, 2.24) is 19.7 Å². The second-order valence-electron chi connectivity index (χ2n) is 6.77. The lowest BCUT2D eigenvalue weighted by molar-refractivity contribution is 0.0371. The van der Waals surface area contributed by atoms with Gasteiger partial charge in [-0.3, -0.25) is 14.4 Å². The second kappa shape index (κ2) is 7.43. The summed E-state index contributed by atoms with van der Waals surface area (Å²) in [6, 6.07) is 10.1. The summed E-state index contributed by atoms with van der Waals surface area (Å²) in [6.07, 6.45) is 3.37. The van der Waals surface area contributed by atoms with Gasteiger partial charge in [0.15, 0.2) is 5.78 Å². The highest BCUT2D eigenvalue weighted by Crippen LogP contribution is 2.28. The Morgan fingerprint density at radius 1 is 1.27 bits per heavy atom. The number of hydrogen-bond donors (Lipinski definition) is 1. The van der Waals surface area contributed by atoms with Crippen LogP contribution >= 0.6 is 0 Å². The number of nitrogens with zero attached hydrogens (tertiary/aromatic N) is 3. The molecule has 6 heteroatoms. The van der Waals surface area contributed by atoms with E-state index in [9.17, 15) is 4.79 Å². The van der Waals surface area contributed by atoms with E-state index in [1.807, 2.05) is 37.5 Å². The van der Waals surface area contributed by atoms with Crippen molar-refractivity contribution in [3.8, 4) is 11.3 Å². The quantitative estimate of drug-likeness (QED) is 0.693. The third kappa shape index (κ3) is 3.43. The molecule has 0 spiro atoms. The van der Waals surface area contributed by atoms with Crippen molar-refractivity contribution < 1.29 is 9.53 Å². The van der Waals surface area contributed by atoms with Crippen LogP contribution in [0.1, 0.15) is 23.3 Å². The van der Waals surface area contributed by atoms with Gasteiger partial charge < -0.3 is 9.72 Å². The zero-order chi connectivity index (χ0) is 17.9. The first-order valence-corrected chi connectivity index (χ1v) is 9.16. The molecule has 136 valence electrons. The van der Waals surface area contributed by atoms with E-state index >= 15 is 0 Å². The first-order valence-electron chi connectivity index (χ1n) is 9.16. The number of ketones is 1. The molecular formula is C20H24N4O2. The Labute approximate surface area is 152 Å². The smallest absolute Gasteiger partial charge is 0.183 e. The van der Waals surface area contributed by atoms with Gasteiger partial charge in [-0.2, -0.15) is 5.10 Å². The number of aromatic amines is 1. The van der Waals surface area contributed by atoms with Gasteiger partial charge >= 0.3 is 0 Å². The Bertz CT molecular complexity index is 906. The minimum absolute atomic E-state index is 0.111. The van der Waals surface area contributed by atoms with Gasteiger partial charge in [-0.25, -0.2) is 0 Å². The summed E-state index contributed by atoms with van der Waals surface area (Å²) in [6.45, 7) is 4.45. The molecule has 0 amide bonds. The maximum absolute atomic E-state index is 12.6. The molecule has 0 bridgehead atoms. The predicted octanol–water partition coefficient (Wildman–Crippen LogP) is 2.86. The molecule has 2 aromatic heterocycles. The van der Waals surface area contributed by atoms with Crippen molar-refractivity contribution in [2.75, 3.05) is 32.8 Å². The molecule has 1 N–H and O–H groups in total. The first kappa shape index (κ1) is 17.0. The molecule has 0 unspecified atom stereocenters. The Morgan fingerprint density at radius 3 is 2.92 bits per heavy atom. The van der Waals surface area contributed by atoms with Crippen LogP contribution in [0.5, 0.6) is 0 Å². The maximum Gasteiger partial charge on any atom is 0.183 e. The van der Waals surface area contributed by atoms with Gasteiger partial charge in [-0.1, -0.05) is 18.2 Å². The largest absolute Gasteiger partial charge is 0.379 e. The number of para-hydroxylation sites is 1. The Hall–Kier alpha value is -2.44. The summed E-state index contributed by atoms with van der Waals surface area (Å²) in [4.78, 5) is 18.2.